The van der Waals surface area contributed by atoms with Crippen LogP contribution >= 0.6 is 0 Å². The summed E-state index contributed by atoms with van der Waals surface area (Å²) in [5.41, 5.74) is 3.14. The molecule has 0 heterocycles. The first-order valence-electron chi connectivity index (χ1n) is 4.47. The summed E-state index contributed by atoms with van der Waals surface area (Å²) in [5, 5.41) is 3.07. The summed E-state index contributed by atoms with van der Waals surface area (Å²) in [4.78, 5) is 10.7. The van der Waals surface area contributed by atoms with E-state index in [-0.39, 0.29) is 0 Å². The molecule has 0 unspecified atom stereocenters. The van der Waals surface area contributed by atoms with Crippen LogP contribution in [0.3, 0.4) is 0 Å². The highest BCUT2D eigenvalue weighted by Crippen LogP contribution is 2.10. The van der Waals surface area contributed by atoms with Gasteiger partial charge in [-0.15, -0.1) is 0 Å². The first-order chi connectivity index (χ1) is 6.27. The lowest BCUT2D eigenvalue weighted by Crippen LogP contribution is -2.11. The molecular formula is C11H15NO. The van der Waals surface area contributed by atoms with Crippen molar-refractivity contribution in [3.63, 3.8) is 0 Å². The van der Waals surface area contributed by atoms with Gasteiger partial charge in [-0.2, -0.15) is 0 Å². The van der Waals surface area contributed by atoms with E-state index in [1.807, 2.05) is 26.1 Å². The van der Waals surface area contributed by atoms with Crippen molar-refractivity contribution in [1.29, 1.82) is 0 Å². The summed E-state index contributed by atoms with van der Waals surface area (Å²) >= 11 is 0. The van der Waals surface area contributed by atoms with E-state index < -0.39 is 0 Å². The first kappa shape index (κ1) is 9.93. The predicted octanol–water partition coefficient (Wildman–Crippen LogP) is 1.57. The Kier molecular flexibility index (Phi) is 3.65. The Labute approximate surface area is 79.0 Å². The molecular weight excluding hydrogens is 162 g/mol. The molecule has 0 amide bonds. The number of carbonyl (C=O) groups excluding carboxylic acids is 1. The van der Waals surface area contributed by atoms with Crippen molar-refractivity contribution in [2.24, 2.45) is 0 Å². The molecule has 0 spiro atoms. The number of aryl methyl sites for hydroxylation is 1. The number of likely N-dealkylation sites (N-methyl/N-ethyl adjacent to an activating group) is 1. The smallest absolute Gasteiger partial charge is 0.150 e. The number of nitrogens with one attached hydrogen (secondary N) is 1. The third-order valence-electron chi connectivity index (χ3n) is 2.07. The van der Waals surface area contributed by atoms with Crippen molar-refractivity contribution < 1.29 is 4.79 Å². The van der Waals surface area contributed by atoms with Crippen molar-refractivity contribution in [3.8, 4) is 0 Å². The van der Waals surface area contributed by atoms with Crippen LogP contribution in [0.25, 0.3) is 0 Å². The van der Waals surface area contributed by atoms with Crippen LogP contribution in [-0.4, -0.2) is 19.9 Å². The normalized spacial score (nSPS) is 10.0. The van der Waals surface area contributed by atoms with Gasteiger partial charge in [-0.25, -0.2) is 0 Å². The summed E-state index contributed by atoms with van der Waals surface area (Å²) in [7, 11) is 1.91. The molecule has 0 saturated carbocycles. The van der Waals surface area contributed by atoms with E-state index in [2.05, 4.69) is 11.4 Å². The van der Waals surface area contributed by atoms with Crippen LogP contribution in [0.1, 0.15) is 21.5 Å². The van der Waals surface area contributed by atoms with Gasteiger partial charge in [-0.1, -0.05) is 23.8 Å². The summed E-state index contributed by atoms with van der Waals surface area (Å²) in [6.45, 7) is 2.95. The van der Waals surface area contributed by atoms with Crippen LogP contribution in [0, 0.1) is 6.92 Å². The van der Waals surface area contributed by atoms with E-state index in [0.717, 1.165) is 30.4 Å². The van der Waals surface area contributed by atoms with Crippen LogP contribution in [0.4, 0.5) is 0 Å². The van der Waals surface area contributed by atoms with Crippen LogP contribution in [0.2, 0.25) is 0 Å². The second-order valence-corrected chi connectivity index (χ2v) is 3.17. The molecule has 2 heteroatoms. The maximum atomic E-state index is 10.7. The minimum atomic E-state index is 0.806. The zero-order valence-electron chi connectivity index (χ0n) is 8.13. The van der Waals surface area contributed by atoms with Gasteiger partial charge in [-0.3, -0.25) is 4.79 Å². The van der Waals surface area contributed by atoms with E-state index in [0.29, 0.717) is 0 Å². The van der Waals surface area contributed by atoms with Gasteiger partial charge < -0.3 is 5.32 Å². The molecule has 0 atom stereocenters. The summed E-state index contributed by atoms with van der Waals surface area (Å²) < 4.78 is 0. The third-order valence-corrected chi connectivity index (χ3v) is 2.07. The Morgan fingerprint density at radius 1 is 1.46 bits per heavy atom. The molecule has 2 nitrogen and oxygen atoms in total. The molecule has 1 aromatic carbocycles. The minimum absolute atomic E-state index is 0.806. The number of benzene rings is 1. The Morgan fingerprint density at radius 2 is 2.23 bits per heavy atom. The van der Waals surface area contributed by atoms with Crippen LogP contribution < -0.4 is 5.32 Å². The average Bonchev–Trinajstić information content (AvgIpc) is 2.15. The Bertz CT molecular complexity index is 294. The van der Waals surface area contributed by atoms with Gasteiger partial charge in [0.05, 0.1) is 0 Å². The summed E-state index contributed by atoms with van der Waals surface area (Å²) in [6.07, 6.45) is 1.83. The van der Waals surface area contributed by atoms with E-state index >= 15 is 0 Å². The molecule has 70 valence electrons. The first-order valence-corrected chi connectivity index (χ1v) is 4.47. The standard InChI is InChI=1S/C11H15NO/c1-9-3-4-11(8-13)10(7-9)5-6-12-2/h3-4,7-8,12H,5-6H2,1-2H3. The molecule has 0 fully saturated rings. The highest BCUT2D eigenvalue weighted by molar-refractivity contribution is 5.77. The number of carbonyl (C=O) groups is 1. The van der Waals surface area contributed by atoms with Gasteiger partial charge >= 0.3 is 0 Å². The molecule has 13 heavy (non-hydrogen) atoms. The highest BCUT2D eigenvalue weighted by atomic mass is 16.1. The van der Waals surface area contributed by atoms with Crippen molar-refractivity contribution in [3.05, 3.63) is 34.9 Å². The van der Waals surface area contributed by atoms with Crippen LogP contribution in [-0.2, 0) is 6.42 Å². The fraction of sp³-hybridized carbons (Fsp3) is 0.364. The molecule has 0 radical (unpaired) electrons. The van der Waals surface area contributed by atoms with E-state index in [4.69, 9.17) is 0 Å². The second-order valence-electron chi connectivity index (χ2n) is 3.17. The largest absolute Gasteiger partial charge is 0.319 e. The predicted molar refractivity (Wildman–Crippen MR) is 54.2 cm³/mol. The van der Waals surface area contributed by atoms with Crippen LogP contribution in [0.15, 0.2) is 18.2 Å². The molecule has 0 aromatic heterocycles. The Morgan fingerprint density at radius 3 is 2.85 bits per heavy atom. The fourth-order valence-corrected chi connectivity index (χ4v) is 1.33. The van der Waals surface area contributed by atoms with Gasteiger partial charge in [0, 0.05) is 5.56 Å². The third kappa shape index (κ3) is 2.67. The second kappa shape index (κ2) is 4.77. The van der Waals surface area contributed by atoms with Gasteiger partial charge in [0.2, 0.25) is 0 Å². The average molecular weight is 177 g/mol. The number of aldehydes is 1. The van der Waals surface area contributed by atoms with Crippen LogP contribution in [0.5, 0.6) is 0 Å². The van der Waals surface area contributed by atoms with Gasteiger partial charge in [0.1, 0.15) is 6.29 Å². The fourth-order valence-electron chi connectivity index (χ4n) is 1.33. The summed E-state index contributed by atoms with van der Waals surface area (Å²) in [6, 6.07) is 5.92. The molecule has 0 aliphatic carbocycles. The molecule has 0 aliphatic rings. The van der Waals surface area contributed by atoms with E-state index in [9.17, 15) is 4.79 Å². The number of rotatable bonds is 4. The number of hydrogen-bond donors (Lipinski definition) is 1. The molecule has 0 saturated heterocycles. The topological polar surface area (TPSA) is 29.1 Å². The van der Waals surface area contributed by atoms with Crippen molar-refractivity contribution in [1.82, 2.24) is 5.32 Å². The summed E-state index contributed by atoms with van der Waals surface area (Å²) in [5.74, 6) is 0. The van der Waals surface area contributed by atoms with Crippen molar-refractivity contribution in [2.45, 2.75) is 13.3 Å². The Balaban J connectivity index is 2.87. The maximum Gasteiger partial charge on any atom is 0.150 e. The molecule has 1 aromatic rings. The highest BCUT2D eigenvalue weighted by Gasteiger charge is 2.00. The lowest BCUT2D eigenvalue weighted by molar-refractivity contribution is 0.112. The molecule has 0 bridgehead atoms. The van der Waals surface area contributed by atoms with E-state index in [1.165, 1.54) is 5.56 Å². The van der Waals surface area contributed by atoms with E-state index in [1.54, 1.807) is 0 Å². The maximum absolute atomic E-state index is 10.7. The zero-order valence-corrected chi connectivity index (χ0v) is 8.13. The molecule has 1 rings (SSSR count). The van der Waals surface area contributed by atoms with Crippen molar-refractivity contribution in [2.75, 3.05) is 13.6 Å². The lowest BCUT2D eigenvalue weighted by atomic mass is 10.0. The van der Waals surface area contributed by atoms with Gasteiger partial charge in [0.25, 0.3) is 0 Å². The van der Waals surface area contributed by atoms with Gasteiger partial charge in [-0.05, 0) is 32.5 Å². The quantitative estimate of drug-likeness (QED) is 0.707. The lowest BCUT2D eigenvalue weighted by Gasteiger charge is -2.05. The molecule has 0 aliphatic heterocycles. The van der Waals surface area contributed by atoms with Gasteiger partial charge in [0.15, 0.2) is 0 Å². The zero-order chi connectivity index (χ0) is 9.68. The molecule has 1 N–H and O–H groups in total. The monoisotopic (exact) mass is 177 g/mol. The number of hydrogen-bond acceptors (Lipinski definition) is 2. The SMILES string of the molecule is CNCCc1cc(C)ccc1C=O. The minimum Gasteiger partial charge on any atom is -0.319 e. The van der Waals surface area contributed by atoms with Crippen molar-refractivity contribution >= 4 is 6.29 Å². The Hall–Kier alpha value is -1.15.